The van der Waals surface area contributed by atoms with Crippen LogP contribution in [-0.2, 0) is 23.7 Å². The molecule has 0 aromatic heterocycles. The van der Waals surface area contributed by atoms with Crippen molar-refractivity contribution >= 4 is 5.91 Å². The summed E-state index contributed by atoms with van der Waals surface area (Å²) in [4.78, 5) is 13.2. The molecule has 14 heteroatoms. The van der Waals surface area contributed by atoms with Crippen molar-refractivity contribution in [1.82, 2.24) is 5.32 Å². The smallest absolute Gasteiger partial charge is 0.220 e. The summed E-state index contributed by atoms with van der Waals surface area (Å²) in [7, 11) is 0. The molecule has 12 unspecified atom stereocenters. The highest BCUT2D eigenvalue weighted by Gasteiger charge is 2.51. The molecule has 0 spiro atoms. The first-order chi connectivity index (χ1) is 36.6. The van der Waals surface area contributed by atoms with Gasteiger partial charge >= 0.3 is 0 Å². The Labute approximate surface area is 453 Å². The lowest BCUT2D eigenvalue weighted by Crippen LogP contribution is -2.65. The van der Waals surface area contributed by atoms with E-state index in [4.69, 9.17) is 18.9 Å². The molecule has 12 atom stereocenters. The minimum absolute atomic E-state index is 0.253. The number of aliphatic hydroxyl groups excluding tert-OH is 8. The average molecular weight is 1060 g/mol. The van der Waals surface area contributed by atoms with Crippen molar-refractivity contribution < 1.29 is 64.6 Å². The second kappa shape index (κ2) is 46.4. The maximum atomic E-state index is 13.2. The molecule has 2 aliphatic heterocycles. The maximum Gasteiger partial charge on any atom is 0.220 e. The van der Waals surface area contributed by atoms with Crippen molar-refractivity contribution in [3.05, 3.63) is 72.9 Å². The third-order valence-corrected chi connectivity index (χ3v) is 14.1. The lowest BCUT2D eigenvalue weighted by molar-refractivity contribution is -0.359. The molecular formula is C61H107NO13. The minimum atomic E-state index is -1.79. The predicted molar refractivity (Wildman–Crippen MR) is 300 cm³/mol. The van der Waals surface area contributed by atoms with Crippen molar-refractivity contribution in [3.8, 4) is 0 Å². The molecule has 0 aliphatic carbocycles. The molecule has 1 amide bonds. The summed E-state index contributed by atoms with van der Waals surface area (Å²) in [5, 5.41) is 86.6. The normalized spacial score (nSPS) is 25.6. The number of ether oxygens (including phenoxy) is 4. The first-order valence-corrected chi connectivity index (χ1v) is 29.7. The van der Waals surface area contributed by atoms with Gasteiger partial charge in [-0.2, -0.15) is 0 Å². The van der Waals surface area contributed by atoms with Gasteiger partial charge in [-0.15, -0.1) is 0 Å². The van der Waals surface area contributed by atoms with Crippen LogP contribution in [0.2, 0.25) is 0 Å². The molecule has 0 radical (unpaired) electrons. The van der Waals surface area contributed by atoms with Crippen LogP contribution in [0.15, 0.2) is 72.9 Å². The number of carbonyl (C=O) groups excluding carboxylic acids is 1. The highest BCUT2D eigenvalue weighted by atomic mass is 16.7. The van der Waals surface area contributed by atoms with E-state index in [1.54, 1.807) is 6.08 Å². The molecule has 2 aliphatic rings. The van der Waals surface area contributed by atoms with Gasteiger partial charge in [0.05, 0.1) is 32.0 Å². The van der Waals surface area contributed by atoms with E-state index in [2.05, 4.69) is 79.9 Å². The van der Waals surface area contributed by atoms with Gasteiger partial charge in [0, 0.05) is 6.42 Å². The van der Waals surface area contributed by atoms with Crippen LogP contribution >= 0.6 is 0 Å². The van der Waals surface area contributed by atoms with Crippen LogP contribution in [0.25, 0.3) is 0 Å². The molecule has 0 saturated carbocycles. The monoisotopic (exact) mass is 1060 g/mol. The van der Waals surface area contributed by atoms with E-state index in [1.807, 2.05) is 6.08 Å². The lowest BCUT2D eigenvalue weighted by Gasteiger charge is -2.46. The summed E-state index contributed by atoms with van der Waals surface area (Å²) < 4.78 is 22.7. The van der Waals surface area contributed by atoms with Crippen LogP contribution in [0.5, 0.6) is 0 Å². The molecule has 2 heterocycles. The summed E-state index contributed by atoms with van der Waals surface area (Å²) in [5.41, 5.74) is 0. The Bertz CT molecular complexity index is 1530. The number of unbranched alkanes of at least 4 members (excludes halogenated alkanes) is 23. The topological polar surface area (TPSA) is 228 Å². The Morgan fingerprint density at radius 2 is 0.933 bits per heavy atom. The number of hydrogen-bond donors (Lipinski definition) is 9. The van der Waals surface area contributed by atoms with Crippen LogP contribution in [-0.4, -0.2) is 140 Å². The fourth-order valence-electron chi connectivity index (χ4n) is 9.34. The van der Waals surface area contributed by atoms with Gasteiger partial charge in [0.2, 0.25) is 5.91 Å². The summed E-state index contributed by atoms with van der Waals surface area (Å²) in [6.45, 7) is 2.57. The zero-order valence-corrected chi connectivity index (χ0v) is 46.5. The Morgan fingerprint density at radius 1 is 0.493 bits per heavy atom. The Morgan fingerprint density at radius 3 is 1.47 bits per heavy atom. The van der Waals surface area contributed by atoms with Gasteiger partial charge in [-0.05, 0) is 64.2 Å². The molecule has 434 valence electrons. The van der Waals surface area contributed by atoms with Crippen LogP contribution < -0.4 is 5.32 Å². The van der Waals surface area contributed by atoms with Crippen LogP contribution in [0.3, 0.4) is 0 Å². The van der Waals surface area contributed by atoms with Crippen molar-refractivity contribution in [2.75, 3.05) is 19.8 Å². The summed E-state index contributed by atoms with van der Waals surface area (Å²) in [6, 6.07) is -0.930. The van der Waals surface area contributed by atoms with Gasteiger partial charge in [-0.25, -0.2) is 0 Å². The molecule has 75 heavy (non-hydrogen) atoms. The zero-order chi connectivity index (χ0) is 54.6. The van der Waals surface area contributed by atoms with Crippen molar-refractivity contribution in [1.29, 1.82) is 0 Å². The van der Waals surface area contributed by atoms with E-state index in [1.165, 1.54) is 109 Å². The SMILES string of the molecule is CC/C=C\C/C=C\C/C=C\C/C=C\CCCCCCCCCCCCCCCCCCCCCCC(=O)NC(COC1OC(CO)C(OC2OC(CO)C(O)C(O)C2O)C(O)C1O)C(O)/C=C/CC/C=C/CCCC. The van der Waals surface area contributed by atoms with Crippen LogP contribution in [0.1, 0.15) is 213 Å². The largest absolute Gasteiger partial charge is 0.394 e. The Balaban J connectivity index is 1.59. The molecule has 0 bridgehead atoms. The van der Waals surface area contributed by atoms with E-state index in [0.29, 0.717) is 12.8 Å². The molecule has 0 aromatic carbocycles. The number of rotatable bonds is 46. The maximum absolute atomic E-state index is 13.2. The van der Waals surface area contributed by atoms with Gasteiger partial charge in [0.25, 0.3) is 0 Å². The molecule has 14 nitrogen and oxygen atoms in total. The molecule has 2 rings (SSSR count). The third kappa shape index (κ3) is 32.2. The first kappa shape index (κ1) is 68.5. The van der Waals surface area contributed by atoms with Crippen molar-refractivity contribution in [2.24, 2.45) is 0 Å². The van der Waals surface area contributed by atoms with Crippen molar-refractivity contribution in [3.63, 3.8) is 0 Å². The molecule has 0 aromatic rings. The molecular weight excluding hydrogens is 955 g/mol. The first-order valence-electron chi connectivity index (χ1n) is 29.7. The summed E-state index contributed by atoms with van der Waals surface area (Å²) >= 11 is 0. The van der Waals surface area contributed by atoms with E-state index in [-0.39, 0.29) is 18.9 Å². The predicted octanol–water partition coefficient (Wildman–Crippen LogP) is 9.94. The van der Waals surface area contributed by atoms with Crippen molar-refractivity contribution in [2.45, 2.75) is 286 Å². The molecule has 9 N–H and O–H groups in total. The van der Waals surface area contributed by atoms with Gasteiger partial charge in [0.15, 0.2) is 12.6 Å². The zero-order valence-electron chi connectivity index (χ0n) is 46.5. The van der Waals surface area contributed by atoms with Gasteiger partial charge < -0.3 is 65.1 Å². The van der Waals surface area contributed by atoms with Crippen LogP contribution in [0, 0.1) is 0 Å². The fourth-order valence-corrected chi connectivity index (χ4v) is 9.34. The molecule has 2 saturated heterocycles. The highest BCUT2D eigenvalue weighted by molar-refractivity contribution is 5.76. The average Bonchev–Trinajstić information content (AvgIpc) is 3.41. The third-order valence-electron chi connectivity index (χ3n) is 14.1. The van der Waals surface area contributed by atoms with Crippen LogP contribution in [0.4, 0.5) is 0 Å². The molecule has 2 fully saturated rings. The highest BCUT2D eigenvalue weighted by Crippen LogP contribution is 2.30. The van der Waals surface area contributed by atoms with Gasteiger partial charge in [0.1, 0.15) is 48.8 Å². The van der Waals surface area contributed by atoms with E-state index in [9.17, 15) is 45.6 Å². The Kier molecular flexibility index (Phi) is 42.4. The summed E-state index contributed by atoms with van der Waals surface area (Å²) in [6.07, 6.45) is 44.3. The standard InChI is InChI=1S/C61H107NO13/c1-3-5-7-9-11-13-14-15-16-17-18-19-20-21-22-23-24-25-26-27-28-29-30-31-32-33-34-35-36-37-39-41-43-45-53(66)62-49(50(65)44-42-40-38-12-10-8-6-4-2)48-72-60-58(71)56(69)59(52(47-64)74-60)75-61-57(70)55(68)54(67)51(46-63)73-61/h5,7,10-13,15-16,18-19,42,44,49-52,54-61,63-65,67-71H,3-4,6,8-9,14,17,20-41,43,45-48H2,1-2H3,(H,62,66)/b7-5-,12-10+,13-11-,16-15-,19-18-,44-42+. The number of carbonyl (C=O) groups is 1. The minimum Gasteiger partial charge on any atom is -0.394 e. The number of amides is 1. The number of nitrogens with one attached hydrogen (secondary N) is 1. The van der Waals surface area contributed by atoms with E-state index < -0.39 is 86.8 Å². The number of hydrogen-bond acceptors (Lipinski definition) is 13. The second-order valence-electron chi connectivity index (χ2n) is 20.7. The second-order valence-corrected chi connectivity index (χ2v) is 20.7. The quantitative estimate of drug-likeness (QED) is 0.0205. The lowest BCUT2D eigenvalue weighted by atomic mass is 9.97. The van der Waals surface area contributed by atoms with Gasteiger partial charge in [-0.3, -0.25) is 4.79 Å². The van der Waals surface area contributed by atoms with E-state index >= 15 is 0 Å². The number of allylic oxidation sites excluding steroid dienone is 11. The van der Waals surface area contributed by atoms with Gasteiger partial charge in [-0.1, -0.05) is 215 Å². The van der Waals surface area contributed by atoms with E-state index in [0.717, 1.165) is 70.6 Å². The number of aliphatic hydroxyl groups is 8. The Hall–Kier alpha value is -2.57. The summed E-state index contributed by atoms with van der Waals surface area (Å²) in [5.74, 6) is -0.253. The fraction of sp³-hybridized carbons (Fsp3) is 0.787.